The summed E-state index contributed by atoms with van der Waals surface area (Å²) >= 11 is 0. The average Bonchev–Trinajstić information content (AvgIpc) is 3.06. The van der Waals surface area contributed by atoms with Gasteiger partial charge in [-0.25, -0.2) is 8.78 Å². The first-order valence-electron chi connectivity index (χ1n) is 10.2. The lowest BCUT2D eigenvalue weighted by Gasteiger charge is -2.17. The molecule has 0 spiro atoms. The number of fused-ring (bicyclic) bond motifs is 1. The number of nitrogens with one attached hydrogen (secondary N) is 1. The molecule has 0 unspecified atom stereocenters. The standard InChI is InChI=1S/C25H22F2N2O3/c1-14-10-18(16(3)32-14)13-29-15(2)22(20-8-5-9-21(27)23(20)25(29)31)24(30)28-12-17-6-4-7-19(26)11-17/h4-11H,12-13H2,1-3H3,(H,28,30). The highest BCUT2D eigenvalue weighted by Gasteiger charge is 2.22. The van der Waals surface area contributed by atoms with Gasteiger partial charge in [0.05, 0.1) is 17.5 Å². The Balaban J connectivity index is 1.82. The van der Waals surface area contributed by atoms with Crippen LogP contribution in [0.25, 0.3) is 10.8 Å². The van der Waals surface area contributed by atoms with Crippen LogP contribution in [0, 0.1) is 32.4 Å². The van der Waals surface area contributed by atoms with Crippen LogP contribution in [0.15, 0.2) is 57.7 Å². The summed E-state index contributed by atoms with van der Waals surface area (Å²) in [6.45, 7) is 5.48. The molecule has 2 aromatic carbocycles. The van der Waals surface area contributed by atoms with Crippen molar-refractivity contribution in [2.24, 2.45) is 0 Å². The molecule has 0 aliphatic carbocycles. The number of hydrogen-bond acceptors (Lipinski definition) is 3. The van der Waals surface area contributed by atoms with Crippen molar-refractivity contribution in [1.82, 2.24) is 9.88 Å². The summed E-state index contributed by atoms with van der Waals surface area (Å²) in [5, 5.41) is 2.85. The number of benzene rings is 2. The van der Waals surface area contributed by atoms with Gasteiger partial charge in [-0.2, -0.15) is 0 Å². The van der Waals surface area contributed by atoms with Crippen molar-refractivity contribution in [1.29, 1.82) is 0 Å². The number of halogens is 2. The highest BCUT2D eigenvalue weighted by Crippen LogP contribution is 2.24. The van der Waals surface area contributed by atoms with E-state index in [2.05, 4.69) is 5.32 Å². The Kier molecular flexibility index (Phi) is 5.65. The Morgan fingerprint density at radius 3 is 2.50 bits per heavy atom. The first-order chi connectivity index (χ1) is 15.3. The fourth-order valence-corrected chi connectivity index (χ4v) is 3.97. The molecular formula is C25H22F2N2O3. The number of amides is 1. The number of aryl methyl sites for hydroxylation is 2. The molecule has 2 aromatic heterocycles. The van der Waals surface area contributed by atoms with Crippen molar-refractivity contribution in [2.45, 2.75) is 33.9 Å². The van der Waals surface area contributed by atoms with Gasteiger partial charge in [-0.05, 0) is 50.6 Å². The fourth-order valence-electron chi connectivity index (χ4n) is 3.97. The molecule has 0 fully saturated rings. The molecule has 0 radical (unpaired) electrons. The molecule has 7 heteroatoms. The van der Waals surface area contributed by atoms with Crippen LogP contribution in [0.4, 0.5) is 8.78 Å². The summed E-state index contributed by atoms with van der Waals surface area (Å²) in [6, 6.07) is 11.9. The summed E-state index contributed by atoms with van der Waals surface area (Å²) in [4.78, 5) is 26.4. The number of carbonyl (C=O) groups excluding carboxylic acids is 1. The SMILES string of the molecule is Cc1cc(Cn2c(C)c(C(=O)NCc3cccc(F)c3)c3cccc(F)c3c2=O)c(C)o1. The van der Waals surface area contributed by atoms with E-state index in [0.717, 1.165) is 5.56 Å². The molecule has 0 saturated carbocycles. The molecule has 0 saturated heterocycles. The molecule has 5 nitrogen and oxygen atoms in total. The summed E-state index contributed by atoms with van der Waals surface area (Å²) in [5.41, 5.74) is 1.45. The third-order valence-electron chi connectivity index (χ3n) is 5.55. The Hall–Kier alpha value is -3.74. The quantitative estimate of drug-likeness (QED) is 0.490. The van der Waals surface area contributed by atoms with Crippen LogP contribution in [-0.2, 0) is 13.1 Å². The molecule has 0 atom stereocenters. The van der Waals surface area contributed by atoms with Gasteiger partial charge in [0.15, 0.2) is 0 Å². The number of nitrogens with zero attached hydrogens (tertiary/aromatic N) is 1. The second kappa shape index (κ2) is 8.42. The van der Waals surface area contributed by atoms with E-state index >= 15 is 0 Å². The van der Waals surface area contributed by atoms with Gasteiger partial charge < -0.3 is 14.3 Å². The first-order valence-corrected chi connectivity index (χ1v) is 10.2. The molecular weight excluding hydrogens is 414 g/mol. The smallest absolute Gasteiger partial charge is 0.261 e. The van der Waals surface area contributed by atoms with Gasteiger partial charge in [0.1, 0.15) is 23.2 Å². The Morgan fingerprint density at radius 1 is 1.06 bits per heavy atom. The Bertz CT molecular complexity index is 1400. The van der Waals surface area contributed by atoms with Gasteiger partial charge in [0, 0.05) is 23.2 Å². The van der Waals surface area contributed by atoms with Crippen molar-refractivity contribution < 1.29 is 18.0 Å². The third kappa shape index (κ3) is 3.93. The number of hydrogen-bond donors (Lipinski definition) is 1. The molecule has 0 aliphatic heterocycles. The largest absolute Gasteiger partial charge is 0.466 e. The van der Waals surface area contributed by atoms with E-state index in [1.54, 1.807) is 39.0 Å². The number of pyridine rings is 1. The molecule has 1 N–H and O–H groups in total. The molecule has 164 valence electrons. The van der Waals surface area contributed by atoms with Crippen LogP contribution in [0.1, 0.15) is 38.7 Å². The predicted octanol–water partition coefficient (Wildman–Crippen LogP) is 4.78. The van der Waals surface area contributed by atoms with Crippen molar-refractivity contribution in [3.8, 4) is 0 Å². The van der Waals surface area contributed by atoms with Gasteiger partial charge in [-0.15, -0.1) is 0 Å². The maximum atomic E-state index is 14.7. The van der Waals surface area contributed by atoms with Gasteiger partial charge in [0.2, 0.25) is 0 Å². The maximum Gasteiger partial charge on any atom is 0.261 e. The average molecular weight is 436 g/mol. The number of furan rings is 1. The zero-order chi connectivity index (χ0) is 23.0. The zero-order valence-electron chi connectivity index (χ0n) is 18.0. The monoisotopic (exact) mass is 436 g/mol. The van der Waals surface area contributed by atoms with Crippen LogP contribution < -0.4 is 10.9 Å². The van der Waals surface area contributed by atoms with Crippen LogP contribution in [0.3, 0.4) is 0 Å². The molecule has 32 heavy (non-hydrogen) atoms. The Labute approximate surface area is 183 Å². The predicted molar refractivity (Wildman–Crippen MR) is 118 cm³/mol. The third-order valence-corrected chi connectivity index (χ3v) is 5.55. The van der Waals surface area contributed by atoms with Gasteiger partial charge in [-0.1, -0.05) is 24.3 Å². The van der Waals surface area contributed by atoms with Crippen molar-refractivity contribution in [3.63, 3.8) is 0 Å². The van der Waals surface area contributed by atoms with E-state index in [1.807, 2.05) is 6.07 Å². The summed E-state index contributed by atoms with van der Waals surface area (Å²) < 4.78 is 35.1. The lowest BCUT2D eigenvalue weighted by atomic mass is 10.0. The van der Waals surface area contributed by atoms with Crippen LogP contribution in [0.2, 0.25) is 0 Å². The van der Waals surface area contributed by atoms with Crippen molar-refractivity contribution >= 4 is 16.7 Å². The lowest BCUT2D eigenvalue weighted by molar-refractivity contribution is 0.0951. The minimum Gasteiger partial charge on any atom is -0.466 e. The van der Waals surface area contributed by atoms with E-state index in [9.17, 15) is 18.4 Å². The van der Waals surface area contributed by atoms with E-state index < -0.39 is 23.1 Å². The van der Waals surface area contributed by atoms with Crippen LogP contribution in [0.5, 0.6) is 0 Å². The molecule has 0 bridgehead atoms. The van der Waals surface area contributed by atoms with Crippen LogP contribution >= 0.6 is 0 Å². The van der Waals surface area contributed by atoms with E-state index in [4.69, 9.17) is 4.42 Å². The number of aromatic nitrogens is 1. The van der Waals surface area contributed by atoms with Gasteiger partial charge >= 0.3 is 0 Å². The minimum atomic E-state index is -0.694. The normalized spacial score (nSPS) is 11.2. The van der Waals surface area contributed by atoms with Gasteiger partial charge in [-0.3, -0.25) is 9.59 Å². The van der Waals surface area contributed by atoms with E-state index in [0.29, 0.717) is 22.8 Å². The molecule has 4 aromatic rings. The second-order valence-corrected chi connectivity index (χ2v) is 7.77. The maximum absolute atomic E-state index is 14.7. The molecule has 1 amide bonds. The topological polar surface area (TPSA) is 64.2 Å². The minimum absolute atomic E-state index is 0.0893. The van der Waals surface area contributed by atoms with Gasteiger partial charge in [0.25, 0.3) is 11.5 Å². The highest BCUT2D eigenvalue weighted by molar-refractivity contribution is 6.07. The lowest BCUT2D eigenvalue weighted by Crippen LogP contribution is -2.31. The van der Waals surface area contributed by atoms with Crippen LogP contribution in [-0.4, -0.2) is 10.5 Å². The van der Waals surface area contributed by atoms with Crippen molar-refractivity contribution in [2.75, 3.05) is 0 Å². The summed E-state index contributed by atoms with van der Waals surface area (Å²) in [5.74, 6) is -0.223. The Morgan fingerprint density at radius 2 is 1.81 bits per heavy atom. The number of carbonyl (C=O) groups is 1. The van der Waals surface area contributed by atoms with E-state index in [-0.39, 0.29) is 29.4 Å². The molecule has 2 heterocycles. The summed E-state index contributed by atoms with van der Waals surface area (Å²) in [7, 11) is 0. The second-order valence-electron chi connectivity index (χ2n) is 7.77. The fraction of sp³-hybridized carbons (Fsp3) is 0.200. The molecule has 4 rings (SSSR count). The highest BCUT2D eigenvalue weighted by atomic mass is 19.1. The van der Waals surface area contributed by atoms with Crippen molar-refractivity contribution in [3.05, 3.63) is 104 Å². The first kappa shape index (κ1) is 21.5. The summed E-state index contributed by atoms with van der Waals surface area (Å²) in [6.07, 6.45) is 0. The zero-order valence-corrected chi connectivity index (χ0v) is 18.0. The number of rotatable bonds is 5. The van der Waals surface area contributed by atoms with E-state index in [1.165, 1.54) is 28.8 Å². The molecule has 0 aliphatic rings.